The molecule has 4 rings (SSSR count). The SMILES string of the molecule is CCC(CC)n1cnc2c(Nc3ccc(OC(F)(F)F)cc3)nc(NC3CCC(N)CC3)nc21.Cl.Cl.Cl. The van der Waals surface area contributed by atoms with E-state index < -0.39 is 6.36 Å². The molecule has 0 bridgehead atoms. The highest BCUT2D eigenvalue weighted by Gasteiger charge is 2.31. The fraction of sp³-hybridized carbons (Fsp3) is 0.522. The molecular weight excluding hydrogens is 554 g/mol. The van der Waals surface area contributed by atoms with Gasteiger partial charge in [-0.15, -0.1) is 50.4 Å². The van der Waals surface area contributed by atoms with E-state index in [0.717, 1.165) is 38.5 Å². The Morgan fingerprint density at radius 3 is 2.22 bits per heavy atom. The van der Waals surface area contributed by atoms with Gasteiger partial charge in [0.15, 0.2) is 17.0 Å². The number of aromatic nitrogens is 4. The van der Waals surface area contributed by atoms with Crippen molar-refractivity contribution in [1.82, 2.24) is 19.5 Å². The number of nitrogens with one attached hydrogen (secondary N) is 2. The Bertz CT molecular complexity index is 1100. The number of ether oxygens (including phenoxy) is 1. The zero-order valence-corrected chi connectivity index (χ0v) is 22.9. The second-order valence-electron chi connectivity index (χ2n) is 8.64. The highest BCUT2D eigenvalue weighted by atomic mass is 35.5. The van der Waals surface area contributed by atoms with E-state index in [0.29, 0.717) is 28.6 Å². The molecule has 14 heteroatoms. The lowest BCUT2D eigenvalue weighted by Crippen LogP contribution is -2.33. The van der Waals surface area contributed by atoms with Crippen molar-refractivity contribution in [3.05, 3.63) is 30.6 Å². The van der Waals surface area contributed by atoms with E-state index in [1.165, 1.54) is 24.3 Å². The van der Waals surface area contributed by atoms with Crippen molar-refractivity contribution >= 4 is 65.8 Å². The Balaban J connectivity index is 0.00000228. The maximum Gasteiger partial charge on any atom is 0.573 e. The molecule has 3 aromatic rings. The van der Waals surface area contributed by atoms with Crippen molar-refractivity contribution in [3.63, 3.8) is 0 Å². The quantitative estimate of drug-likeness (QED) is 0.267. The minimum absolute atomic E-state index is 0. The molecule has 2 heterocycles. The van der Waals surface area contributed by atoms with E-state index in [1.807, 2.05) is 0 Å². The standard InChI is InChI=1S/C23H30F3N7O.3ClH/c1-3-17(4-2)33-13-28-19-20(29-15-9-11-18(12-10-15)34-23(24,25)26)31-22(32-21(19)33)30-16-7-5-14(27)6-8-16;;;/h9-14,16-17H,3-8,27H2,1-2H3,(H2,29,30,31,32);3*1H. The van der Waals surface area contributed by atoms with Gasteiger partial charge in [-0.3, -0.25) is 0 Å². The van der Waals surface area contributed by atoms with Gasteiger partial charge in [-0.2, -0.15) is 9.97 Å². The molecule has 37 heavy (non-hydrogen) atoms. The molecule has 1 aliphatic rings. The molecule has 0 atom stereocenters. The van der Waals surface area contributed by atoms with Crippen LogP contribution in [0.3, 0.4) is 0 Å². The first-order valence-corrected chi connectivity index (χ1v) is 11.6. The number of hydrogen-bond acceptors (Lipinski definition) is 7. The molecule has 208 valence electrons. The second-order valence-corrected chi connectivity index (χ2v) is 8.64. The molecule has 1 aliphatic carbocycles. The number of benzene rings is 1. The van der Waals surface area contributed by atoms with E-state index in [-0.39, 0.29) is 61.1 Å². The summed E-state index contributed by atoms with van der Waals surface area (Å²) >= 11 is 0. The normalized spacial score (nSPS) is 17.4. The van der Waals surface area contributed by atoms with Crippen LogP contribution in [0.1, 0.15) is 58.4 Å². The summed E-state index contributed by atoms with van der Waals surface area (Å²) in [4.78, 5) is 14.0. The minimum Gasteiger partial charge on any atom is -0.406 e. The Morgan fingerprint density at radius 2 is 1.65 bits per heavy atom. The third kappa shape index (κ3) is 8.39. The molecule has 0 saturated heterocycles. The Hall–Kier alpha value is -2.21. The van der Waals surface area contributed by atoms with Crippen molar-refractivity contribution in [1.29, 1.82) is 0 Å². The van der Waals surface area contributed by atoms with Gasteiger partial charge in [-0.05, 0) is 62.8 Å². The average Bonchev–Trinajstić information content (AvgIpc) is 3.21. The first-order chi connectivity index (χ1) is 16.3. The second kappa shape index (κ2) is 14.1. The predicted molar refractivity (Wildman–Crippen MR) is 147 cm³/mol. The molecule has 0 spiro atoms. The van der Waals surface area contributed by atoms with Gasteiger partial charge in [-0.25, -0.2) is 4.98 Å². The van der Waals surface area contributed by atoms with Crippen molar-refractivity contribution in [2.24, 2.45) is 5.73 Å². The van der Waals surface area contributed by atoms with Gasteiger partial charge in [-0.1, -0.05) is 13.8 Å². The summed E-state index contributed by atoms with van der Waals surface area (Å²) in [6.45, 7) is 4.24. The van der Waals surface area contributed by atoms with E-state index in [1.54, 1.807) is 6.33 Å². The number of halogens is 6. The van der Waals surface area contributed by atoms with E-state index in [9.17, 15) is 13.2 Å². The van der Waals surface area contributed by atoms with E-state index in [2.05, 4.69) is 43.8 Å². The van der Waals surface area contributed by atoms with Crippen LogP contribution in [0.2, 0.25) is 0 Å². The fourth-order valence-electron chi connectivity index (χ4n) is 4.34. The zero-order chi connectivity index (χ0) is 24.3. The van der Waals surface area contributed by atoms with E-state index >= 15 is 0 Å². The van der Waals surface area contributed by atoms with Crippen LogP contribution in [0.4, 0.5) is 30.6 Å². The number of hydrogen-bond donors (Lipinski definition) is 3. The summed E-state index contributed by atoms with van der Waals surface area (Å²) in [7, 11) is 0. The molecular formula is C23H33Cl3F3N7O. The lowest BCUT2D eigenvalue weighted by Gasteiger charge is -2.27. The van der Waals surface area contributed by atoms with Gasteiger partial charge in [0.2, 0.25) is 5.95 Å². The highest BCUT2D eigenvalue weighted by Crippen LogP contribution is 2.30. The lowest BCUT2D eigenvalue weighted by molar-refractivity contribution is -0.274. The molecule has 8 nitrogen and oxygen atoms in total. The summed E-state index contributed by atoms with van der Waals surface area (Å²) in [5.41, 5.74) is 7.90. The molecule has 1 fully saturated rings. The van der Waals surface area contributed by atoms with Crippen LogP contribution >= 0.6 is 37.2 Å². The van der Waals surface area contributed by atoms with Crippen molar-refractivity contribution in [3.8, 4) is 5.75 Å². The van der Waals surface area contributed by atoms with Gasteiger partial charge in [0.05, 0.1) is 6.33 Å². The maximum absolute atomic E-state index is 12.5. The fourth-order valence-corrected chi connectivity index (χ4v) is 4.34. The summed E-state index contributed by atoms with van der Waals surface area (Å²) in [5, 5.41) is 6.63. The summed E-state index contributed by atoms with van der Waals surface area (Å²) in [6.07, 6.45) is 2.67. The van der Waals surface area contributed by atoms with Crippen LogP contribution in [0.5, 0.6) is 5.75 Å². The third-order valence-electron chi connectivity index (χ3n) is 6.21. The van der Waals surface area contributed by atoms with Crippen molar-refractivity contribution in [2.75, 3.05) is 10.6 Å². The largest absolute Gasteiger partial charge is 0.573 e. The molecule has 1 aromatic carbocycles. The molecule has 0 amide bonds. The van der Waals surface area contributed by atoms with Crippen LogP contribution in [-0.2, 0) is 0 Å². The van der Waals surface area contributed by atoms with Crippen LogP contribution in [0.25, 0.3) is 11.2 Å². The minimum atomic E-state index is -4.74. The topological polar surface area (TPSA) is 103 Å². The molecule has 0 unspecified atom stereocenters. The van der Waals surface area contributed by atoms with Crippen LogP contribution in [0, 0.1) is 0 Å². The van der Waals surface area contributed by atoms with Crippen molar-refractivity contribution < 1.29 is 17.9 Å². The number of rotatable bonds is 8. The molecule has 0 aliphatic heterocycles. The van der Waals surface area contributed by atoms with Crippen LogP contribution < -0.4 is 21.1 Å². The molecule has 0 radical (unpaired) electrons. The number of nitrogens with two attached hydrogens (primary N) is 1. The Kier molecular flexibility index (Phi) is 12.5. The molecule has 1 saturated carbocycles. The first-order valence-electron chi connectivity index (χ1n) is 11.6. The van der Waals surface area contributed by atoms with Crippen LogP contribution in [-0.4, -0.2) is 38.0 Å². The van der Waals surface area contributed by atoms with Crippen LogP contribution in [0.15, 0.2) is 30.6 Å². The van der Waals surface area contributed by atoms with Gasteiger partial charge >= 0.3 is 6.36 Å². The number of nitrogens with zero attached hydrogens (tertiary/aromatic N) is 4. The van der Waals surface area contributed by atoms with Gasteiger partial charge in [0, 0.05) is 23.8 Å². The monoisotopic (exact) mass is 585 g/mol. The highest BCUT2D eigenvalue weighted by molar-refractivity contribution is 5.87. The van der Waals surface area contributed by atoms with Gasteiger partial charge < -0.3 is 25.7 Å². The average molecular weight is 587 g/mol. The van der Waals surface area contributed by atoms with Crippen molar-refractivity contribution in [2.45, 2.75) is 76.9 Å². The Labute approximate surface area is 232 Å². The molecule has 4 N–H and O–H groups in total. The first kappa shape index (κ1) is 32.8. The number of anilines is 3. The maximum atomic E-state index is 12.5. The smallest absolute Gasteiger partial charge is 0.406 e. The number of fused-ring (bicyclic) bond motifs is 1. The summed E-state index contributed by atoms with van der Waals surface area (Å²) in [5.74, 6) is 0.677. The predicted octanol–water partition coefficient (Wildman–Crippen LogP) is 6.78. The van der Waals surface area contributed by atoms with Gasteiger partial charge in [0.25, 0.3) is 0 Å². The van der Waals surface area contributed by atoms with E-state index in [4.69, 9.17) is 10.7 Å². The third-order valence-corrected chi connectivity index (χ3v) is 6.21. The summed E-state index contributed by atoms with van der Waals surface area (Å²) in [6, 6.07) is 6.22. The van der Waals surface area contributed by atoms with Gasteiger partial charge in [0.1, 0.15) is 5.75 Å². The number of alkyl halides is 3. The zero-order valence-electron chi connectivity index (χ0n) is 20.5. The number of imidazole rings is 1. The summed E-state index contributed by atoms with van der Waals surface area (Å²) < 4.78 is 43.4. The Morgan fingerprint density at radius 1 is 1.03 bits per heavy atom. The molecule has 2 aromatic heterocycles. The lowest BCUT2D eigenvalue weighted by atomic mass is 9.92.